The summed E-state index contributed by atoms with van der Waals surface area (Å²) in [6.07, 6.45) is 4.67. The lowest BCUT2D eigenvalue weighted by molar-refractivity contribution is -0.177. The first-order valence-electron chi connectivity index (χ1n) is 13.6. The van der Waals surface area contributed by atoms with Gasteiger partial charge in [-0.15, -0.1) is 0 Å². The van der Waals surface area contributed by atoms with Crippen LogP contribution in [0.2, 0.25) is 0 Å². The normalized spacial score (nSPS) is 23.9. The van der Waals surface area contributed by atoms with Gasteiger partial charge in [0.1, 0.15) is 5.76 Å². The number of benzene rings is 1. The highest BCUT2D eigenvalue weighted by atomic mass is 16.7. The minimum Gasteiger partial charge on any atom is -0.497 e. The molecule has 1 aliphatic carbocycles. The zero-order valence-corrected chi connectivity index (χ0v) is 23.4. The highest BCUT2D eigenvalue weighted by Crippen LogP contribution is 2.43. The van der Waals surface area contributed by atoms with Crippen molar-refractivity contribution < 1.29 is 43.5 Å². The van der Waals surface area contributed by atoms with Crippen molar-refractivity contribution in [3.05, 3.63) is 35.6 Å². The van der Waals surface area contributed by atoms with Crippen LogP contribution in [-0.4, -0.2) is 84.0 Å². The molecule has 10 nitrogen and oxygen atoms in total. The molecule has 4 rings (SSSR count). The van der Waals surface area contributed by atoms with E-state index in [1.165, 1.54) is 7.11 Å². The van der Waals surface area contributed by atoms with Gasteiger partial charge in [0.15, 0.2) is 23.2 Å². The van der Waals surface area contributed by atoms with Crippen molar-refractivity contribution in [3.63, 3.8) is 0 Å². The molecule has 1 saturated heterocycles. The van der Waals surface area contributed by atoms with E-state index in [9.17, 15) is 19.8 Å². The van der Waals surface area contributed by atoms with Crippen LogP contribution in [0.1, 0.15) is 64.4 Å². The van der Waals surface area contributed by atoms with Crippen LogP contribution in [0.5, 0.6) is 11.5 Å². The van der Waals surface area contributed by atoms with Crippen molar-refractivity contribution in [1.29, 1.82) is 0 Å². The predicted molar refractivity (Wildman–Crippen MR) is 141 cm³/mol. The Bertz CT molecular complexity index is 1080. The number of hydrogen-bond acceptors (Lipinski definition) is 10. The molecule has 0 bridgehead atoms. The average Bonchev–Trinajstić information content (AvgIpc) is 3.60. The number of hydrogen-bond donors (Lipinski definition) is 2. The van der Waals surface area contributed by atoms with Gasteiger partial charge in [-0.3, -0.25) is 9.69 Å². The Morgan fingerprint density at radius 1 is 1.15 bits per heavy atom. The van der Waals surface area contributed by atoms with Gasteiger partial charge in [0.2, 0.25) is 6.79 Å². The van der Waals surface area contributed by atoms with Gasteiger partial charge in [0.05, 0.1) is 26.2 Å². The third-order valence-corrected chi connectivity index (χ3v) is 7.95. The Morgan fingerprint density at radius 3 is 2.64 bits per heavy atom. The number of nitrogens with zero attached hydrogens (tertiary/aromatic N) is 1. The first-order valence-corrected chi connectivity index (χ1v) is 13.6. The predicted octanol–water partition coefficient (Wildman–Crippen LogP) is 2.87. The summed E-state index contributed by atoms with van der Waals surface area (Å²) in [4.78, 5) is 27.8. The second-order valence-corrected chi connectivity index (χ2v) is 11.4. The van der Waals surface area contributed by atoms with Crippen molar-refractivity contribution in [2.24, 2.45) is 0 Å². The molecule has 0 amide bonds. The molecule has 10 heteroatoms. The van der Waals surface area contributed by atoms with Crippen molar-refractivity contribution in [2.75, 3.05) is 34.1 Å². The van der Waals surface area contributed by atoms with Crippen molar-refractivity contribution in [1.82, 2.24) is 4.90 Å². The highest BCUT2D eigenvalue weighted by molar-refractivity contribution is 5.85. The molecule has 2 N–H and O–H groups in total. The molecule has 2 aliphatic heterocycles. The van der Waals surface area contributed by atoms with E-state index in [4.69, 9.17) is 23.7 Å². The summed E-state index contributed by atoms with van der Waals surface area (Å²) in [5.41, 5.74) is -2.21. The standard InChI is InChI=1S/C29H41NO9/c1-27(2,33)10-5-12-29(34,18-25(31)36-4)26(32)39-24-17-28(16-23(24)35-3)11-6-13-30(28)14-9-20-7-8-21-22(15-20)38-19-37-21/h7-8,15-16,24,33-34H,5-6,9-14,17-19H2,1-4H3/t24-,28-,29+/m0/s1. The molecule has 1 fully saturated rings. The molecule has 216 valence electrons. The molecule has 1 aromatic carbocycles. The summed E-state index contributed by atoms with van der Waals surface area (Å²) in [5, 5.41) is 21.3. The third kappa shape index (κ3) is 6.85. The van der Waals surface area contributed by atoms with Crippen LogP contribution in [0.25, 0.3) is 0 Å². The maximum atomic E-state index is 13.3. The van der Waals surface area contributed by atoms with E-state index in [2.05, 4.69) is 4.90 Å². The lowest BCUT2D eigenvalue weighted by atomic mass is 9.90. The van der Waals surface area contributed by atoms with Gasteiger partial charge in [0.25, 0.3) is 0 Å². The Morgan fingerprint density at radius 2 is 1.92 bits per heavy atom. The summed E-state index contributed by atoms with van der Waals surface area (Å²) in [6, 6.07) is 6.00. The summed E-state index contributed by atoms with van der Waals surface area (Å²) in [6.45, 7) is 5.25. The van der Waals surface area contributed by atoms with E-state index in [1.54, 1.807) is 21.0 Å². The fourth-order valence-electron chi connectivity index (χ4n) is 5.80. The highest BCUT2D eigenvalue weighted by Gasteiger charge is 2.50. The lowest BCUT2D eigenvalue weighted by Crippen LogP contribution is -2.46. The fraction of sp³-hybridized carbons (Fsp3) is 0.655. The number of fused-ring (bicyclic) bond motifs is 1. The van der Waals surface area contributed by atoms with Gasteiger partial charge in [-0.1, -0.05) is 6.07 Å². The van der Waals surface area contributed by atoms with E-state index in [0.717, 1.165) is 49.4 Å². The molecular formula is C29H41NO9. The number of esters is 2. The number of aliphatic hydroxyl groups is 2. The smallest absolute Gasteiger partial charge is 0.339 e. The maximum absolute atomic E-state index is 13.3. The summed E-state index contributed by atoms with van der Waals surface area (Å²) in [5.74, 6) is 0.458. The van der Waals surface area contributed by atoms with Gasteiger partial charge < -0.3 is 33.9 Å². The molecule has 1 aromatic rings. The second kappa shape index (κ2) is 11.7. The minimum absolute atomic E-state index is 0.0452. The molecule has 0 aromatic heterocycles. The SMILES string of the molecule is COC(=O)C[C@](O)(CCCC(C)(C)O)C(=O)O[C@H]1C[C@@]2(C=C1OC)CCCN2CCc1ccc2c(c1)OCO2. The number of ether oxygens (including phenoxy) is 5. The molecule has 0 unspecified atom stereocenters. The summed E-state index contributed by atoms with van der Waals surface area (Å²) >= 11 is 0. The van der Waals surface area contributed by atoms with Crippen LogP contribution in [-0.2, 0) is 30.2 Å². The monoisotopic (exact) mass is 547 g/mol. The Hall–Kier alpha value is -2.82. The molecule has 0 saturated carbocycles. The quantitative estimate of drug-likeness (QED) is 0.378. The van der Waals surface area contributed by atoms with Gasteiger partial charge in [0, 0.05) is 18.5 Å². The molecule has 3 atom stereocenters. The van der Waals surface area contributed by atoms with Crippen LogP contribution < -0.4 is 9.47 Å². The second-order valence-electron chi connectivity index (χ2n) is 11.4. The van der Waals surface area contributed by atoms with E-state index < -0.39 is 35.7 Å². The number of likely N-dealkylation sites (tertiary alicyclic amines) is 1. The van der Waals surface area contributed by atoms with E-state index in [0.29, 0.717) is 25.0 Å². The van der Waals surface area contributed by atoms with Crippen LogP contribution >= 0.6 is 0 Å². The Kier molecular flexibility index (Phi) is 8.78. The first kappa shape index (κ1) is 29.2. The molecule has 0 radical (unpaired) electrons. The van der Waals surface area contributed by atoms with E-state index >= 15 is 0 Å². The van der Waals surface area contributed by atoms with Gasteiger partial charge in [-0.2, -0.15) is 0 Å². The van der Waals surface area contributed by atoms with Crippen LogP contribution in [0, 0.1) is 0 Å². The van der Waals surface area contributed by atoms with Crippen LogP contribution in [0.3, 0.4) is 0 Å². The van der Waals surface area contributed by atoms with Gasteiger partial charge in [-0.25, -0.2) is 4.79 Å². The lowest BCUT2D eigenvalue weighted by Gasteiger charge is -2.34. The zero-order chi connectivity index (χ0) is 28.3. The summed E-state index contributed by atoms with van der Waals surface area (Å²) in [7, 11) is 2.75. The maximum Gasteiger partial charge on any atom is 0.339 e. The van der Waals surface area contributed by atoms with Crippen LogP contribution in [0.4, 0.5) is 0 Å². The topological polar surface area (TPSA) is 124 Å². The largest absolute Gasteiger partial charge is 0.497 e. The fourth-order valence-corrected chi connectivity index (χ4v) is 5.80. The number of methoxy groups -OCH3 is 2. The van der Waals surface area contributed by atoms with E-state index in [-0.39, 0.29) is 18.8 Å². The van der Waals surface area contributed by atoms with Gasteiger partial charge in [-0.05, 0) is 82.7 Å². The average molecular weight is 548 g/mol. The van der Waals surface area contributed by atoms with Crippen molar-refractivity contribution in [2.45, 2.75) is 88.1 Å². The molecule has 3 aliphatic rings. The molecule has 1 spiro atoms. The number of rotatable bonds is 12. The third-order valence-electron chi connectivity index (χ3n) is 7.95. The van der Waals surface area contributed by atoms with Crippen molar-refractivity contribution in [3.8, 4) is 11.5 Å². The van der Waals surface area contributed by atoms with Crippen molar-refractivity contribution >= 4 is 11.9 Å². The van der Waals surface area contributed by atoms with Gasteiger partial charge >= 0.3 is 11.9 Å². The minimum atomic E-state index is -2.07. The van der Waals surface area contributed by atoms with Crippen LogP contribution in [0.15, 0.2) is 30.0 Å². The summed E-state index contributed by atoms with van der Waals surface area (Å²) < 4.78 is 27.1. The Labute approximate surface area is 229 Å². The first-order chi connectivity index (χ1) is 18.5. The number of carbonyl (C=O) groups excluding carboxylic acids is 2. The zero-order valence-electron chi connectivity index (χ0n) is 23.4. The Balaban J connectivity index is 1.43. The van der Waals surface area contributed by atoms with E-state index in [1.807, 2.05) is 24.3 Å². The molecule has 39 heavy (non-hydrogen) atoms. The molecular weight excluding hydrogens is 506 g/mol. The molecule has 2 heterocycles. The number of carbonyl (C=O) groups is 2.